The molecule has 0 spiro atoms. The van der Waals surface area contributed by atoms with E-state index in [1.54, 1.807) is 5.06 Å². The molecule has 1 saturated carbocycles. The van der Waals surface area contributed by atoms with E-state index in [4.69, 9.17) is 19.7 Å². The number of nitrogens with zero attached hydrogens (tertiary/aromatic N) is 6. The Morgan fingerprint density at radius 2 is 1.55 bits per heavy atom. The van der Waals surface area contributed by atoms with Gasteiger partial charge in [0.2, 0.25) is 0 Å². The van der Waals surface area contributed by atoms with E-state index in [2.05, 4.69) is 22.8 Å². The highest BCUT2D eigenvalue weighted by Crippen LogP contribution is 2.51. The lowest BCUT2D eigenvalue weighted by Gasteiger charge is -2.61. The third-order valence-electron chi connectivity index (χ3n) is 9.09. The summed E-state index contributed by atoms with van der Waals surface area (Å²) in [6, 6.07) is 8.21. The van der Waals surface area contributed by atoms with Crippen LogP contribution in [0.15, 0.2) is 48.7 Å². The molecule has 2 aromatic rings. The summed E-state index contributed by atoms with van der Waals surface area (Å²) in [5.74, 6) is 1.52. The van der Waals surface area contributed by atoms with E-state index < -0.39 is 5.66 Å². The van der Waals surface area contributed by atoms with Crippen LogP contribution in [0.2, 0.25) is 0 Å². The first kappa shape index (κ1) is 25.7. The summed E-state index contributed by atoms with van der Waals surface area (Å²) in [7, 11) is 0. The lowest BCUT2D eigenvalue weighted by Crippen LogP contribution is -2.72. The van der Waals surface area contributed by atoms with Crippen molar-refractivity contribution < 1.29 is 9.94 Å². The molecule has 6 rings (SSSR count). The smallest absolute Gasteiger partial charge is 0.190 e. The zero-order valence-electron chi connectivity index (χ0n) is 22.7. The topological polar surface area (TPSA) is 77.9 Å². The third-order valence-corrected chi connectivity index (χ3v) is 9.09. The van der Waals surface area contributed by atoms with E-state index in [9.17, 15) is 5.21 Å². The molecule has 4 aliphatic rings. The minimum absolute atomic E-state index is 0.0352. The predicted octanol–water partition coefficient (Wildman–Crippen LogP) is 5.18. The standard InChI is InChI=1S/C30H42N6O2/c1-23-27(28-32-18-12-19-33-28)29(34-20-9-10-21-34)36(37)30(25-15-6-8-17-31-25,26-16-7-11-22-38-26)35(23)24-13-4-2-3-5-14-24/h6,8,12,15,17-19,23-24,26,37H,2-5,7,9-11,13-14,16,20-22H2,1H3. The van der Waals surface area contributed by atoms with Crippen LogP contribution in [-0.2, 0) is 10.4 Å². The van der Waals surface area contributed by atoms with Gasteiger partial charge in [0.15, 0.2) is 11.5 Å². The number of hydrogen-bond acceptors (Lipinski definition) is 8. The van der Waals surface area contributed by atoms with Crippen molar-refractivity contribution in [1.29, 1.82) is 0 Å². The summed E-state index contributed by atoms with van der Waals surface area (Å²) in [4.78, 5) is 19.3. The second-order valence-electron chi connectivity index (χ2n) is 11.3. The molecule has 0 bridgehead atoms. The van der Waals surface area contributed by atoms with Crippen LogP contribution in [0.1, 0.15) is 89.1 Å². The van der Waals surface area contributed by atoms with Crippen LogP contribution in [0.5, 0.6) is 0 Å². The Kier molecular flexibility index (Phi) is 7.63. The van der Waals surface area contributed by atoms with Gasteiger partial charge in [-0.1, -0.05) is 31.7 Å². The van der Waals surface area contributed by atoms with Crippen molar-refractivity contribution in [2.45, 2.75) is 101 Å². The van der Waals surface area contributed by atoms with Crippen molar-refractivity contribution in [3.05, 3.63) is 60.2 Å². The van der Waals surface area contributed by atoms with Gasteiger partial charge in [-0.2, -0.15) is 0 Å². The fourth-order valence-corrected chi connectivity index (χ4v) is 7.44. The molecule has 3 fully saturated rings. The van der Waals surface area contributed by atoms with Gasteiger partial charge in [-0.3, -0.25) is 15.1 Å². The van der Waals surface area contributed by atoms with Gasteiger partial charge < -0.3 is 9.64 Å². The highest BCUT2D eigenvalue weighted by Gasteiger charge is 2.61. The first-order valence-corrected chi connectivity index (χ1v) is 14.8. The molecular weight excluding hydrogens is 476 g/mol. The molecule has 3 unspecified atom stereocenters. The first-order valence-electron chi connectivity index (χ1n) is 14.8. The number of likely N-dealkylation sites (tertiary alicyclic amines) is 1. The predicted molar refractivity (Wildman–Crippen MR) is 146 cm³/mol. The van der Waals surface area contributed by atoms with Crippen LogP contribution in [0.4, 0.5) is 0 Å². The second kappa shape index (κ2) is 11.3. The Morgan fingerprint density at radius 3 is 2.21 bits per heavy atom. The Balaban J connectivity index is 1.62. The van der Waals surface area contributed by atoms with Crippen LogP contribution in [0.25, 0.3) is 5.57 Å². The van der Waals surface area contributed by atoms with Gasteiger partial charge in [0, 0.05) is 50.4 Å². The van der Waals surface area contributed by atoms with Gasteiger partial charge in [-0.25, -0.2) is 15.0 Å². The van der Waals surface area contributed by atoms with E-state index in [1.165, 1.54) is 25.7 Å². The van der Waals surface area contributed by atoms with E-state index in [1.807, 2.05) is 36.8 Å². The number of hydroxylamine groups is 2. The van der Waals surface area contributed by atoms with Gasteiger partial charge >= 0.3 is 0 Å². The molecule has 204 valence electrons. The van der Waals surface area contributed by atoms with E-state index >= 15 is 0 Å². The monoisotopic (exact) mass is 518 g/mol. The number of hydrogen-bond donors (Lipinski definition) is 1. The van der Waals surface area contributed by atoms with Crippen LogP contribution >= 0.6 is 0 Å². The van der Waals surface area contributed by atoms with E-state index in [0.717, 1.165) is 75.1 Å². The SMILES string of the molecule is CC1C(c2ncccn2)=C(N2CCCC2)N(O)C(c2ccccn2)(C2CCCCO2)N1C1CCCCCC1. The van der Waals surface area contributed by atoms with Crippen molar-refractivity contribution in [1.82, 2.24) is 29.8 Å². The first-order chi connectivity index (χ1) is 18.7. The number of rotatable bonds is 5. The maximum absolute atomic E-state index is 12.8. The highest BCUT2D eigenvalue weighted by atomic mass is 16.5. The fraction of sp³-hybridized carbons (Fsp3) is 0.633. The summed E-state index contributed by atoms with van der Waals surface area (Å²) >= 11 is 0. The van der Waals surface area contributed by atoms with Crippen molar-refractivity contribution in [3.8, 4) is 0 Å². The average Bonchev–Trinajstić information content (AvgIpc) is 3.37. The van der Waals surface area contributed by atoms with Gasteiger partial charge in [0.25, 0.3) is 0 Å². The van der Waals surface area contributed by atoms with Gasteiger partial charge in [-0.05, 0) is 70.1 Å². The molecule has 1 N–H and O–H groups in total. The number of pyridine rings is 1. The molecule has 8 heteroatoms. The van der Waals surface area contributed by atoms with Crippen molar-refractivity contribution in [3.63, 3.8) is 0 Å². The lowest BCUT2D eigenvalue weighted by molar-refractivity contribution is -0.295. The molecular formula is C30H42N6O2. The average molecular weight is 519 g/mol. The Labute approximate surface area is 226 Å². The molecule has 2 saturated heterocycles. The summed E-state index contributed by atoms with van der Waals surface area (Å²) in [6.45, 7) is 4.81. The minimum atomic E-state index is -0.938. The zero-order valence-corrected chi connectivity index (χ0v) is 22.7. The normalized spacial score (nSPS) is 30.1. The van der Waals surface area contributed by atoms with Crippen LogP contribution < -0.4 is 0 Å². The molecule has 2 aromatic heterocycles. The van der Waals surface area contributed by atoms with Crippen LogP contribution in [0, 0.1) is 0 Å². The lowest BCUT2D eigenvalue weighted by atomic mass is 9.82. The third kappa shape index (κ3) is 4.40. The Hall–Kier alpha value is -2.55. The van der Waals surface area contributed by atoms with Crippen molar-refractivity contribution in [2.24, 2.45) is 0 Å². The molecule has 8 nitrogen and oxygen atoms in total. The summed E-state index contributed by atoms with van der Waals surface area (Å²) in [5, 5.41) is 14.3. The minimum Gasteiger partial charge on any atom is -0.374 e. The van der Waals surface area contributed by atoms with Crippen LogP contribution in [-0.4, -0.2) is 72.9 Å². The van der Waals surface area contributed by atoms with E-state index in [-0.39, 0.29) is 18.2 Å². The number of ether oxygens (including phenoxy) is 1. The van der Waals surface area contributed by atoms with Crippen LogP contribution in [0.3, 0.4) is 0 Å². The largest absolute Gasteiger partial charge is 0.374 e. The molecule has 3 aliphatic heterocycles. The maximum Gasteiger partial charge on any atom is 0.190 e. The molecule has 38 heavy (non-hydrogen) atoms. The van der Waals surface area contributed by atoms with Crippen molar-refractivity contribution >= 4 is 5.57 Å². The summed E-state index contributed by atoms with van der Waals surface area (Å²) in [5.41, 5.74) is 0.920. The van der Waals surface area contributed by atoms with Gasteiger partial charge in [-0.15, -0.1) is 0 Å². The molecule has 5 heterocycles. The summed E-state index contributed by atoms with van der Waals surface area (Å²) < 4.78 is 6.64. The summed E-state index contributed by atoms with van der Waals surface area (Å²) in [6.07, 6.45) is 17.6. The molecule has 3 atom stereocenters. The van der Waals surface area contributed by atoms with Gasteiger partial charge in [0.05, 0.1) is 11.3 Å². The second-order valence-corrected chi connectivity index (χ2v) is 11.3. The maximum atomic E-state index is 12.8. The quantitative estimate of drug-likeness (QED) is 0.543. The number of aromatic nitrogens is 3. The Morgan fingerprint density at radius 1 is 0.842 bits per heavy atom. The van der Waals surface area contributed by atoms with E-state index in [0.29, 0.717) is 12.4 Å². The molecule has 0 aromatic carbocycles. The molecule has 0 amide bonds. The molecule has 0 radical (unpaired) electrons. The highest BCUT2D eigenvalue weighted by molar-refractivity contribution is 5.68. The van der Waals surface area contributed by atoms with Gasteiger partial charge in [0.1, 0.15) is 11.9 Å². The fourth-order valence-electron chi connectivity index (χ4n) is 7.44. The van der Waals surface area contributed by atoms with Crippen molar-refractivity contribution in [2.75, 3.05) is 19.7 Å². The Bertz CT molecular complexity index is 1080. The molecule has 1 aliphatic carbocycles. The zero-order chi connectivity index (χ0) is 26.0.